The van der Waals surface area contributed by atoms with Gasteiger partial charge < -0.3 is 10.2 Å². The van der Waals surface area contributed by atoms with Gasteiger partial charge in [-0.25, -0.2) is 8.42 Å². The maximum atomic E-state index is 13.4. The van der Waals surface area contributed by atoms with Gasteiger partial charge in [0, 0.05) is 26.1 Å². The fourth-order valence-corrected chi connectivity index (χ4v) is 5.00. The average molecular weight is 516 g/mol. The van der Waals surface area contributed by atoms with Crippen molar-refractivity contribution < 1.29 is 18.0 Å². The molecule has 0 radical (unpaired) electrons. The molecular weight excluding hydrogens is 474 g/mol. The van der Waals surface area contributed by atoms with Crippen LogP contribution in [0.15, 0.2) is 48.5 Å². The molecule has 198 valence electrons. The van der Waals surface area contributed by atoms with Crippen molar-refractivity contribution in [3.63, 3.8) is 0 Å². The van der Waals surface area contributed by atoms with E-state index in [1.54, 1.807) is 17.0 Å². The van der Waals surface area contributed by atoms with Crippen LogP contribution in [-0.2, 0) is 26.2 Å². The van der Waals surface area contributed by atoms with Crippen molar-refractivity contribution in [2.75, 3.05) is 23.7 Å². The summed E-state index contributed by atoms with van der Waals surface area (Å²) in [5, 5.41) is 2.96. The van der Waals surface area contributed by atoms with Crippen LogP contribution in [0.5, 0.6) is 0 Å². The van der Waals surface area contributed by atoms with Crippen LogP contribution in [0.2, 0.25) is 0 Å². The number of hydrogen-bond donors (Lipinski definition) is 1. The summed E-state index contributed by atoms with van der Waals surface area (Å²) >= 11 is 0. The summed E-state index contributed by atoms with van der Waals surface area (Å²) in [6, 6.07) is 14.6. The number of hydrogen-bond acceptors (Lipinski definition) is 4. The minimum Gasteiger partial charge on any atom is -0.354 e. The molecule has 2 aromatic rings. The molecule has 36 heavy (non-hydrogen) atoms. The second-order valence-corrected chi connectivity index (χ2v) is 11.3. The lowest BCUT2D eigenvalue weighted by Gasteiger charge is -2.31. The molecule has 7 nitrogen and oxygen atoms in total. The number of nitrogens with zero attached hydrogens (tertiary/aromatic N) is 2. The zero-order valence-electron chi connectivity index (χ0n) is 22.3. The van der Waals surface area contributed by atoms with Crippen molar-refractivity contribution in [1.29, 1.82) is 0 Å². The summed E-state index contributed by atoms with van der Waals surface area (Å²) in [6.45, 7) is 9.01. The Labute approximate surface area is 216 Å². The zero-order chi connectivity index (χ0) is 26.7. The Kier molecular flexibility index (Phi) is 11.4. The lowest BCUT2D eigenvalue weighted by molar-refractivity contribution is -0.141. The SMILES string of the molecule is CCCCNC(=O)C(CC)N(Cc1ccc(C)cc1)C(=O)CCCN(c1ccc(C)cc1)S(C)(=O)=O. The van der Waals surface area contributed by atoms with Crippen molar-refractivity contribution in [2.24, 2.45) is 0 Å². The van der Waals surface area contributed by atoms with Crippen molar-refractivity contribution in [3.05, 3.63) is 65.2 Å². The molecule has 1 atom stereocenters. The molecule has 2 amide bonds. The molecule has 2 aromatic carbocycles. The zero-order valence-corrected chi connectivity index (χ0v) is 23.1. The van der Waals surface area contributed by atoms with Crippen molar-refractivity contribution in [2.45, 2.75) is 72.4 Å². The van der Waals surface area contributed by atoms with Crippen molar-refractivity contribution in [3.8, 4) is 0 Å². The van der Waals surface area contributed by atoms with Crippen LogP contribution < -0.4 is 9.62 Å². The molecular formula is C28H41N3O4S. The minimum absolute atomic E-state index is 0.141. The number of rotatable bonds is 14. The predicted octanol–water partition coefficient (Wildman–Crippen LogP) is 4.57. The fraction of sp³-hybridized carbons (Fsp3) is 0.500. The van der Waals surface area contributed by atoms with Gasteiger partial charge in [0.1, 0.15) is 6.04 Å². The quantitative estimate of drug-likeness (QED) is 0.373. The minimum atomic E-state index is -3.50. The highest BCUT2D eigenvalue weighted by Gasteiger charge is 2.28. The third-order valence-electron chi connectivity index (χ3n) is 6.16. The van der Waals surface area contributed by atoms with Gasteiger partial charge in [-0.15, -0.1) is 0 Å². The Balaban J connectivity index is 2.18. The highest BCUT2D eigenvalue weighted by Crippen LogP contribution is 2.20. The second-order valence-electron chi connectivity index (χ2n) is 9.35. The van der Waals surface area contributed by atoms with Gasteiger partial charge in [0.15, 0.2) is 0 Å². The summed E-state index contributed by atoms with van der Waals surface area (Å²) in [7, 11) is -3.50. The lowest BCUT2D eigenvalue weighted by atomic mass is 10.1. The fourth-order valence-electron chi connectivity index (χ4n) is 4.03. The van der Waals surface area contributed by atoms with E-state index in [-0.39, 0.29) is 24.8 Å². The van der Waals surface area contributed by atoms with Crippen molar-refractivity contribution >= 4 is 27.5 Å². The molecule has 1 N–H and O–H groups in total. The van der Waals surface area contributed by atoms with E-state index in [0.717, 1.165) is 29.5 Å². The third kappa shape index (κ3) is 8.97. The van der Waals surface area contributed by atoms with Gasteiger partial charge in [0.05, 0.1) is 11.9 Å². The number of anilines is 1. The van der Waals surface area contributed by atoms with Crippen LogP contribution >= 0.6 is 0 Å². The van der Waals surface area contributed by atoms with Gasteiger partial charge in [-0.1, -0.05) is 67.8 Å². The Bertz CT molecular complexity index is 1080. The molecule has 1 unspecified atom stereocenters. The summed E-state index contributed by atoms with van der Waals surface area (Å²) < 4.78 is 26.2. The van der Waals surface area contributed by atoms with E-state index in [9.17, 15) is 18.0 Å². The topological polar surface area (TPSA) is 86.8 Å². The number of benzene rings is 2. The molecule has 0 aliphatic rings. The standard InChI is InChI=1S/C28H41N3O4S/c1-6-8-19-29-28(33)26(7-2)30(21-24-15-11-22(3)12-16-24)27(32)10-9-20-31(36(5,34)35)25-17-13-23(4)14-18-25/h11-18,26H,6-10,19-21H2,1-5H3,(H,29,33). The smallest absolute Gasteiger partial charge is 0.242 e. The summed E-state index contributed by atoms with van der Waals surface area (Å²) in [6.07, 6.45) is 4.01. The summed E-state index contributed by atoms with van der Waals surface area (Å²) in [5.41, 5.74) is 3.69. The summed E-state index contributed by atoms with van der Waals surface area (Å²) in [4.78, 5) is 28.1. The van der Waals surface area contributed by atoms with Crippen LogP contribution in [0.3, 0.4) is 0 Å². The molecule has 0 saturated carbocycles. The van der Waals surface area contributed by atoms with Crippen LogP contribution in [0, 0.1) is 13.8 Å². The van der Waals surface area contributed by atoms with Crippen LogP contribution in [0.1, 0.15) is 62.6 Å². The molecule has 0 aliphatic heterocycles. The largest absolute Gasteiger partial charge is 0.354 e. The maximum Gasteiger partial charge on any atom is 0.242 e. The molecule has 8 heteroatoms. The van der Waals surface area contributed by atoms with E-state index in [1.807, 2.05) is 57.2 Å². The Morgan fingerprint density at radius 1 is 0.917 bits per heavy atom. The van der Waals surface area contributed by atoms with E-state index < -0.39 is 16.1 Å². The molecule has 0 heterocycles. The highest BCUT2D eigenvalue weighted by atomic mass is 32.2. The number of sulfonamides is 1. The molecule has 0 bridgehead atoms. The van der Waals surface area contributed by atoms with Gasteiger partial charge in [-0.05, 0) is 50.8 Å². The van der Waals surface area contributed by atoms with E-state index in [4.69, 9.17) is 0 Å². The number of unbranched alkanes of at least 4 members (excludes halogenated alkanes) is 1. The molecule has 0 saturated heterocycles. The van der Waals surface area contributed by atoms with E-state index in [1.165, 1.54) is 10.6 Å². The molecule has 0 spiro atoms. The van der Waals surface area contributed by atoms with Gasteiger partial charge in [0.25, 0.3) is 0 Å². The molecule has 0 fully saturated rings. The monoisotopic (exact) mass is 515 g/mol. The predicted molar refractivity (Wildman–Crippen MR) is 146 cm³/mol. The van der Waals surface area contributed by atoms with Crippen LogP contribution in [0.4, 0.5) is 5.69 Å². The Hall–Kier alpha value is -2.87. The van der Waals surface area contributed by atoms with Gasteiger partial charge in [0.2, 0.25) is 21.8 Å². The van der Waals surface area contributed by atoms with E-state index in [0.29, 0.717) is 31.6 Å². The van der Waals surface area contributed by atoms with E-state index in [2.05, 4.69) is 12.2 Å². The Morgan fingerprint density at radius 2 is 1.50 bits per heavy atom. The van der Waals surface area contributed by atoms with Crippen LogP contribution in [0.25, 0.3) is 0 Å². The number of amides is 2. The average Bonchev–Trinajstić information content (AvgIpc) is 2.83. The van der Waals surface area contributed by atoms with Gasteiger partial charge in [-0.2, -0.15) is 0 Å². The third-order valence-corrected chi connectivity index (χ3v) is 7.36. The number of carbonyl (C=O) groups is 2. The lowest BCUT2D eigenvalue weighted by Crippen LogP contribution is -2.49. The highest BCUT2D eigenvalue weighted by molar-refractivity contribution is 7.92. The van der Waals surface area contributed by atoms with Gasteiger partial charge in [-0.3, -0.25) is 13.9 Å². The first-order valence-electron chi connectivity index (χ1n) is 12.7. The first-order chi connectivity index (χ1) is 17.1. The van der Waals surface area contributed by atoms with Crippen molar-refractivity contribution in [1.82, 2.24) is 10.2 Å². The first kappa shape index (κ1) is 29.4. The first-order valence-corrected chi connectivity index (χ1v) is 14.6. The number of nitrogens with one attached hydrogen (secondary N) is 1. The van der Waals surface area contributed by atoms with E-state index >= 15 is 0 Å². The molecule has 0 aromatic heterocycles. The second kappa shape index (κ2) is 14.0. The number of carbonyl (C=O) groups excluding carboxylic acids is 2. The molecule has 2 rings (SSSR count). The van der Waals surface area contributed by atoms with Crippen LogP contribution in [-0.4, -0.2) is 50.5 Å². The summed E-state index contributed by atoms with van der Waals surface area (Å²) in [5.74, 6) is -0.311. The number of aryl methyl sites for hydroxylation is 2. The normalized spacial score (nSPS) is 12.1. The Morgan fingerprint density at radius 3 is 2.03 bits per heavy atom. The maximum absolute atomic E-state index is 13.4. The van der Waals surface area contributed by atoms with Gasteiger partial charge >= 0.3 is 0 Å². The molecule has 0 aliphatic carbocycles.